The molecule has 0 saturated carbocycles. The zero-order valence-electron chi connectivity index (χ0n) is 16.8. The molecule has 2 aromatic carbocycles. The predicted octanol–water partition coefficient (Wildman–Crippen LogP) is 3.70. The highest BCUT2D eigenvalue weighted by Crippen LogP contribution is 2.28. The van der Waals surface area contributed by atoms with E-state index < -0.39 is 5.97 Å². The average molecular weight is 394 g/mol. The molecule has 29 heavy (non-hydrogen) atoms. The lowest BCUT2D eigenvalue weighted by Crippen LogP contribution is -2.07. The molecule has 6 heteroatoms. The van der Waals surface area contributed by atoms with Gasteiger partial charge in [0.25, 0.3) is 0 Å². The standard InChI is InChI=1S/C23H26N2O4/c1-3-6-21-20(22(25(2)24-21)29-14-13-26)15-16-9-11-17(12-10-16)18-7-4-5-8-19(18)23(27)28/h4-5,7-12,26H,3,6,13-15H2,1-2H3,(H,27,28). The van der Waals surface area contributed by atoms with Gasteiger partial charge in [0.1, 0.15) is 6.61 Å². The van der Waals surface area contributed by atoms with Gasteiger partial charge in [-0.2, -0.15) is 5.10 Å². The fraction of sp³-hybridized carbons (Fsp3) is 0.304. The van der Waals surface area contributed by atoms with Crippen LogP contribution in [0.1, 0.15) is 40.5 Å². The normalized spacial score (nSPS) is 10.9. The highest BCUT2D eigenvalue weighted by molar-refractivity contribution is 5.95. The lowest BCUT2D eigenvalue weighted by Gasteiger charge is -2.10. The van der Waals surface area contributed by atoms with E-state index in [-0.39, 0.29) is 18.8 Å². The van der Waals surface area contributed by atoms with E-state index in [2.05, 4.69) is 12.0 Å². The molecule has 3 rings (SSSR count). The molecule has 3 aromatic rings. The van der Waals surface area contributed by atoms with E-state index in [4.69, 9.17) is 9.84 Å². The minimum Gasteiger partial charge on any atom is -0.478 e. The third-order valence-electron chi connectivity index (χ3n) is 4.79. The van der Waals surface area contributed by atoms with E-state index in [1.54, 1.807) is 16.8 Å². The van der Waals surface area contributed by atoms with Gasteiger partial charge in [-0.15, -0.1) is 0 Å². The quantitative estimate of drug-likeness (QED) is 0.578. The van der Waals surface area contributed by atoms with E-state index in [1.165, 1.54) is 0 Å². The van der Waals surface area contributed by atoms with Crippen molar-refractivity contribution in [2.75, 3.05) is 13.2 Å². The lowest BCUT2D eigenvalue weighted by atomic mass is 9.97. The number of aliphatic hydroxyl groups is 1. The molecule has 0 aliphatic rings. The molecule has 0 atom stereocenters. The number of aromatic nitrogens is 2. The summed E-state index contributed by atoms with van der Waals surface area (Å²) in [7, 11) is 1.85. The number of aryl methyl sites for hydroxylation is 2. The van der Waals surface area contributed by atoms with E-state index in [1.807, 2.05) is 43.4 Å². The Hall–Kier alpha value is -3.12. The van der Waals surface area contributed by atoms with E-state index in [9.17, 15) is 9.90 Å². The summed E-state index contributed by atoms with van der Waals surface area (Å²) in [5.74, 6) is -0.252. The number of aliphatic hydroxyl groups excluding tert-OH is 1. The molecule has 0 spiro atoms. The van der Waals surface area contributed by atoms with Gasteiger partial charge < -0.3 is 14.9 Å². The number of carboxylic acids is 1. The predicted molar refractivity (Wildman–Crippen MR) is 111 cm³/mol. The Kier molecular flexibility index (Phi) is 6.67. The number of nitrogens with zero attached hydrogens (tertiary/aromatic N) is 2. The third kappa shape index (κ3) is 4.66. The SMILES string of the molecule is CCCc1nn(C)c(OCCO)c1Cc1ccc(-c2ccccc2C(=O)O)cc1. The van der Waals surface area contributed by atoms with Gasteiger partial charge in [-0.1, -0.05) is 55.8 Å². The maximum absolute atomic E-state index is 11.5. The van der Waals surface area contributed by atoms with Gasteiger partial charge in [0.05, 0.1) is 17.9 Å². The zero-order chi connectivity index (χ0) is 20.8. The molecule has 0 saturated heterocycles. The minimum atomic E-state index is -0.935. The Bertz CT molecular complexity index is 977. The summed E-state index contributed by atoms with van der Waals surface area (Å²) < 4.78 is 7.47. The highest BCUT2D eigenvalue weighted by Gasteiger charge is 2.18. The third-order valence-corrected chi connectivity index (χ3v) is 4.79. The first kappa shape index (κ1) is 20.6. The fourth-order valence-electron chi connectivity index (χ4n) is 3.47. The molecular weight excluding hydrogens is 368 g/mol. The first-order valence-electron chi connectivity index (χ1n) is 9.75. The van der Waals surface area contributed by atoms with Crippen LogP contribution in [-0.2, 0) is 19.9 Å². The number of ether oxygens (including phenoxy) is 1. The summed E-state index contributed by atoms with van der Waals surface area (Å²) >= 11 is 0. The van der Waals surface area contributed by atoms with Crippen LogP contribution in [0.2, 0.25) is 0 Å². The Morgan fingerprint density at radius 2 is 1.86 bits per heavy atom. The largest absolute Gasteiger partial charge is 0.478 e. The first-order chi connectivity index (χ1) is 14.0. The molecule has 1 aromatic heterocycles. The van der Waals surface area contributed by atoms with Gasteiger partial charge in [0.15, 0.2) is 0 Å². The number of carbonyl (C=O) groups is 1. The Labute approximate surface area is 170 Å². The molecule has 0 radical (unpaired) electrons. The van der Waals surface area contributed by atoms with Gasteiger partial charge in [0, 0.05) is 19.0 Å². The number of hydrogen-bond acceptors (Lipinski definition) is 4. The van der Waals surface area contributed by atoms with Crippen molar-refractivity contribution >= 4 is 5.97 Å². The van der Waals surface area contributed by atoms with Crippen LogP contribution in [0.3, 0.4) is 0 Å². The topological polar surface area (TPSA) is 84.6 Å². The molecule has 2 N–H and O–H groups in total. The fourth-order valence-corrected chi connectivity index (χ4v) is 3.47. The minimum absolute atomic E-state index is 0.0502. The average Bonchev–Trinajstić information content (AvgIpc) is 3.01. The van der Waals surface area contributed by atoms with Crippen molar-refractivity contribution in [3.8, 4) is 17.0 Å². The highest BCUT2D eigenvalue weighted by atomic mass is 16.5. The second-order valence-electron chi connectivity index (χ2n) is 6.90. The zero-order valence-corrected chi connectivity index (χ0v) is 16.8. The molecule has 0 unspecified atom stereocenters. The summed E-state index contributed by atoms with van der Waals surface area (Å²) in [5, 5.41) is 23.1. The summed E-state index contributed by atoms with van der Waals surface area (Å²) in [5.41, 5.74) is 4.97. The van der Waals surface area contributed by atoms with Crippen LogP contribution >= 0.6 is 0 Å². The summed E-state index contributed by atoms with van der Waals surface area (Å²) in [6.07, 6.45) is 2.49. The number of hydrogen-bond donors (Lipinski definition) is 2. The molecule has 0 bridgehead atoms. The van der Waals surface area contributed by atoms with Gasteiger partial charge in [0.2, 0.25) is 5.88 Å². The van der Waals surface area contributed by atoms with Gasteiger partial charge >= 0.3 is 5.97 Å². The molecule has 152 valence electrons. The van der Waals surface area contributed by atoms with E-state index in [0.29, 0.717) is 17.9 Å². The van der Waals surface area contributed by atoms with Crippen molar-refractivity contribution < 1.29 is 19.7 Å². The van der Waals surface area contributed by atoms with E-state index in [0.717, 1.165) is 35.2 Å². The van der Waals surface area contributed by atoms with Crippen molar-refractivity contribution in [3.63, 3.8) is 0 Å². The molecule has 0 aliphatic heterocycles. The van der Waals surface area contributed by atoms with Crippen LogP contribution in [0.15, 0.2) is 48.5 Å². The van der Waals surface area contributed by atoms with Crippen molar-refractivity contribution in [1.29, 1.82) is 0 Å². The monoisotopic (exact) mass is 394 g/mol. The summed E-state index contributed by atoms with van der Waals surface area (Å²) in [6.45, 7) is 2.29. The second kappa shape index (κ2) is 9.39. The van der Waals surface area contributed by atoms with Crippen LogP contribution in [-0.4, -0.2) is 39.2 Å². The Balaban J connectivity index is 1.90. The van der Waals surface area contributed by atoms with Gasteiger partial charge in [-0.05, 0) is 29.2 Å². The summed E-state index contributed by atoms with van der Waals surface area (Å²) in [6, 6.07) is 14.9. The van der Waals surface area contributed by atoms with Crippen LogP contribution in [0, 0.1) is 0 Å². The first-order valence-corrected chi connectivity index (χ1v) is 9.75. The molecule has 0 fully saturated rings. The van der Waals surface area contributed by atoms with Crippen molar-refractivity contribution in [1.82, 2.24) is 9.78 Å². The molecule has 0 aliphatic carbocycles. The van der Waals surface area contributed by atoms with Crippen LogP contribution in [0.25, 0.3) is 11.1 Å². The van der Waals surface area contributed by atoms with E-state index >= 15 is 0 Å². The van der Waals surface area contributed by atoms with Crippen LogP contribution in [0.4, 0.5) is 0 Å². The van der Waals surface area contributed by atoms with Gasteiger partial charge in [-0.3, -0.25) is 0 Å². The summed E-state index contributed by atoms with van der Waals surface area (Å²) in [4.78, 5) is 11.5. The maximum atomic E-state index is 11.5. The lowest BCUT2D eigenvalue weighted by molar-refractivity contribution is 0.0697. The molecule has 0 amide bonds. The number of aromatic carboxylic acids is 1. The Morgan fingerprint density at radius 3 is 2.52 bits per heavy atom. The smallest absolute Gasteiger partial charge is 0.336 e. The van der Waals surface area contributed by atoms with Gasteiger partial charge in [-0.25, -0.2) is 9.48 Å². The molecular formula is C23H26N2O4. The number of benzene rings is 2. The number of rotatable bonds is 9. The maximum Gasteiger partial charge on any atom is 0.336 e. The second-order valence-corrected chi connectivity index (χ2v) is 6.90. The van der Waals surface area contributed by atoms with Crippen LogP contribution < -0.4 is 4.74 Å². The molecule has 1 heterocycles. The van der Waals surface area contributed by atoms with Crippen molar-refractivity contribution in [3.05, 3.63) is 70.9 Å². The van der Waals surface area contributed by atoms with Crippen molar-refractivity contribution in [2.24, 2.45) is 7.05 Å². The van der Waals surface area contributed by atoms with Crippen LogP contribution in [0.5, 0.6) is 5.88 Å². The Morgan fingerprint density at radius 1 is 1.14 bits per heavy atom. The number of carboxylic acid groups (broad SMARTS) is 1. The molecule has 6 nitrogen and oxygen atoms in total. The van der Waals surface area contributed by atoms with Crippen molar-refractivity contribution in [2.45, 2.75) is 26.2 Å².